The molecule has 5 nitrogen and oxygen atoms in total. The standard InChI is InChI=1S/C15H21BrN2O3/c1-15(2,3)17-7-11(19)8-18-12-6-10(16)4-5-13(12)21-9-14(18)20/h4-6,11,17,19H,7-9H2,1-3H3. The first-order chi connectivity index (χ1) is 9.76. The molecule has 1 heterocycles. The van der Waals surface area contributed by atoms with Gasteiger partial charge in [0.15, 0.2) is 6.61 Å². The Balaban J connectivity index is 2.09. The van der Waals surface area contributed by atoms with Crippen molar-refractivity contribution in [3.05, 3.63) is 22.7 Å². The average molecular weight is 357 g/mol. The molecule has 0 saturated carbocycles. The Labute approximate surface area is 133 Å². The smallest absolute Gasteiger partial charge is 0.265 e. The van der Waals surface area contributed by atoms with Crippen molar-refractivity contribution in [2.24, 2.45) is 0 Å². The number of β-amino-alcohol motifs (C(OH)–C–C–N with tert-alkyl or cyclic N) is 1. The van der Waals surface area contributed by atoms with Crippen molar-refractivity contribution in [1.29, 1.82) is 0 Å². The molecule has 1 aliphatic heterocycles. The van der Waals surface area contributed by atoms with Crippen molar-refractivity contribution in [2.45, 2.75) is 32.4 Å². The Kier molecular flexibility index (Phi) is 4.91. The number of amides is 1. The van der Waals surface area contributed by atoms with Gasteiger partial charge in [-0.2, -0.15) is 0 Å². The average Bonchev–Trinajstić information content (AvgIpc) is 2.39. The van der Waals surface area contributed by atoms with E-state index in [4.69, 9.17) is 4.74 Å². The number of hydrogen-bond acceptors (Lipinski definition) is 4. The van der Waals surface area contributed by atoms with Crippen LogP contribution in [0.2, 0.25) is 0 Å². The number of aliphatic hydroxyl groups is 1. The number of anilines is 1. The number of rotatable bonds is 4. The molecule has 1 aromatic carbocycles. The molecule has 2 N–H and O–H groups in total. The van der Waals surface area contributed by atoms with E-state index in [9.17, 15) is 9.90 Å². The molecule has 116 valence electrons. The third-order valence-electron chi connectivity index (χ3n) is 3.13. The number of fused-ring (bicyclic) bond motifs is 1. The monoisotopic (exact) mass is 356 g/mol. The van der Waals surface area contributed by atoms with Crippen molar-refractivity contribution in [1.82, 2.24) is 5.32 Å². The third-order valence-corrected chi connectivity index (χ3v) is 3.62. The first-order valence-corrected chi connectivity index (χ1v) is 7.71. The lowest BCUT2D eigenvalue weighted by Gasteiger charge is -2.32. The van der Waals surface area contributed by atoms with Crippen LogP contribution in [0.1, 0.15) is 20.8 Å². The summed E-state index contributed by atoms with van der Waals surface area (Å²) in [6, 6.07) is 5.51. The van der Waals surface area contributed by atoms with E-state index in [2.05, 4.69) is 21.2 Å². The second kappa shape index (κ2) is 6.34. The second-order valence-corrected chi connectivity index (χ2v) is 7.11. The minimum absolute atomic E-state index is 0.00799. The molecule has 1 aliphatic rings. The summed E-state index contributed by atoms with van der Waals surface area (Å²) in [7, 11) is 0. The van der Waals surface area contributed by atoms with Crippen molar-refractivity contribution in [3.63, 3.8) is 0 Å². The fourth-order valence-corrected chi connectivity index (χ4v) is 2.42. The molecule has 0 radical (unpaired) electrons. The fourth-order valence-electron chi connectivity index (χ4n) is 2.07. The van der Waals surface area contributed by atoms with Gasteiger partial charge in [-0.05, 0) is 39.0 Å². The van der Waals surface area contributed by atoms with Gasteiger partial charge in [0.05, 0.1) is 18.3 Å². The lowest BCUT2D eigenvalue weighted by atomic mass is 10.1. The van der Waals surface area contributed by atoms with Crippen LogP contribution in [0.4, 0.5) is 5.69 Å². The number of carbonyl (C=O) groups is 1. The highest BCUT2D eigenvalue weighted by molar-refractivity contribution is 9.10. The molecule has 0 fully saturated rings. The predicted octanol–water partition coefficient (Wildman–Crippen LogP) is 1.92. The van der Waals surface area contributed by atoms with Crippen molar-refractivity contribution in [3.8, 4) is 5.75 Å². The van der Waals surface area contributed by atoms with Gasteiger partial charge in [-0.3, -0.25) is 4.79 Å². The zero-order chi connectivity index (χ0) is 15.6. The summed E-state index contributed by atoms with van der Waals surface area (Å²) < 4.78 is 6.27. The zero-order valence-electron chi connectivity index (χ0n) is 12.5. The molecule has 1 aromatic rings. The van der Waals surface area contributed by atoms with Gasteiger partial charge in [0, 0.05) is 16.6 Å². The quantitative estimate of drug-likeness (QED) is 0.865. The van der Waals surface area contributed by atoms with Crippen LogP contribution >= 0.6 is 15.9 Å². The van der Waals surface area contributed by atoms with Crippen LogP contribution in [-0.4, -0.2) is 42.4 Å². The van der Waals surface area contributed by atoms with E-state index in [1.807, 2.05) is 39.0 Å². The molecular formula is C15H21BrN2O3. The van der Waals surface area contributed by atoms with Gasteiger partial charge in [0.2, 0.25) is 0 Å². The molecule has 0 aromatic heterocycles. The SMILES string of the molecule is CC(C)(C)NCC(O)CN1C(=O)COc2ccc(Br)cc21. The number of benzene rings is 1. The van der Waals surface area contributed by atoms with Gasteiger partial charge in [0.25, 0.3) is 5.91 Å². The second-order valence-electron chi connectivity index (χ2n) is 6.19. The highest BCUT2D eigenvalue weighted by atomic mass is 79.9. The van der Waals surface area contributed by atoms with Crippen molar-refractivity contribution >= 4 is 27.5 Å². The number of nitrogens with one attached hydrogen (secondary N) is 1. The lowest BCUT2D eigenvalue weighted by Crippen LogP contribution is -2.48. The van der Waals surface area contributed by atoms with Crippen LogP contribution in [0.5, 0.6) is 5.75 Å². The molecule has 0 spiro atoms. The normalized spacial score (nSPS) is 16.4. The van der Waals surface area contributed by atoms with E-state index >= 15 is 0 Å². The molecule has 2 rings (SSSR count). The van der Waals surface area contributed by atoms with Gasteiger partial charge in [-0.15, -0.1) is 0 Å². The maximum absolute atomic E-state index is 12.1. The van der Waals surface area contributed by atoms with Crippen LogP contribution in [-0.2, 0) is 4.79 Å². The van der Waals surface area contributed by atoms with Gasteiger partial charge < -0.3 is 20.1 Å². The van der Waals surface area contributed by atoms with E-state index < -0.39 is 6.10 Å². The summed E-state index contributed by atoms with van der Waals surface area (Å²) in [5.41, 5.74) is 0.618. The van der Waals surface area contributed by atoms with Gasteiger partial charge in [0.1, 0.15) is 5.75 Å². The molecule has 1 unspecified atom stereocenters. The van der Waals surface area contributed by atoms with Crippen molar-refractivity contribution < 1.29 is 14.6 Å². The van der Waals surface area contributed by atoms with E-state index in [0.29, 0.717) is 18.0 Å². The molecule has 1 atom stereocenters. The lowest BCUT2D eigenvalue weighted by molar-refractivity contribution is -0.121. The summed E-state index contributed by atoms with van der Waals surface area (Å²) in [5, 5.41) is 13.4. The Hall–Kier alpha value is -1.11. The largest absolute Gasteiger partial charge is 0.482 e. The Morgan fingerprint density at radius 2 is 2.19 bits per heavy atom. The molecule has 0 bridgehead atoms. The van der Waals surface area contributed by atoms with E-state index in [0.717, 1.165) is 4.47 Å². The highest BCUT2D eigenvalue weighted by Crippen LogP contribution is 2.34. The maximum atomic E-state index is 12.1. The topological polar surface area (TPSA) is 61.8 Å². The molecule has 0 saturated heterocycles. The number of aliphatic hydroxyl groups excluding tert-OH is 1. The number of hydrogen-bond donors (Lipinski definition) is 2. The highest BCUT2D eigenvalue weighted by Gasteiger charge is 2.27. The van der Waals surface area contributed by atoms with E-state index in [1.54, 1.807) is 4.90 Å². The summed E-state index contributed by atoms with van der Waals surface area (Å²) in [4.78, 5) is 13.6. The van der Waals surface area contributed by atoms with Crippen LogP contribution < -0.4 is 15.0 Å². The zero-order valence-corrected chi connectivity index (χ0v) is 14.1. The molecule has 1 amide bonds. The Morgan fingerprint density at radius 3 is 2.86 bits per heavy atom. The number of halogens is 1. The van der Waals surface area contributed by atoms with E-state index in [1.165, 1.54) is 0 Å². The fraction of sp³-hybridized carbons (Fsp3) is 0.533. The Morgan fingerprint density at radius 1 is 1.48 bits per heavy atom. The van der Waals surface area contributed by atoms with Crippen LogP contribution in [0.15, 0.2) is 22.7 Å². The summed E-state index contributed by atoms with van der Waals surface area (Å²) >= 11 is 3.39. The maximum Gasteiger partial charge on any atom is 0.265 e. The van der Waals surface area contributed by atoms with Gasteiger partial charge in [-0.1, -0.05) is 15.9 Å². The first-order valence-electron chi connectivity index (χ1n) is 6.92. The minimum atomic E-state index is -0.641. The number of carbonyl (C=O) groups excluding carboxylic acids is 1. The predicted molar refractivity (Wildman–Crippen MR) is 85.8 cm³/mol. The van der Waals surface area contributed by atoms with Crippen LogP contribution in [0.3, 0.4) is 0 Å². The number of nitrogens with zero attached hydrogens (tertiary/aromatic N) is 1. The van der Waals surface area contributed by atoms with E-state index in [-0.39, 0.29) is 24.6 Å². The van der Waals surface area contributed by atoms with Gasteiger partial charge >= 0.3 is 0 Å². The summed E-state index contributed by atoms with van der Waals surface area (Å²) in [6.45, 7) is 6.78. The van der Waals surface area contributed by atoms with Crippen LogP contribution in [0, 0.1) is 0 Å². The molecule has 6 heteroatoms. The number of ether oxygens (including phenoxy) is 1. The minimum Gasteiger partial charge on any atom is -0.482 e. The molecular weight excluding hydrogens is 336 g/mol. The van der Waals surface area contributed by atoms with Gasteiger partial charge in [-0.25, -0.2) is 0 Å². The third kappa shape index (κ3) is 4.43. The summed E-state index contributed by atoms with van der Waals surface area (Å²) in [5.74, 6) is 0.518. The molecule has 0 aliphatic carbocycles. The van der Waals surface area contributed by atoms with Crippen molar-refractivity contribution in [2.75, 3.05) is 24.6 Å². The molecule has 21 heavy (non-hydrogen) atoms. The summed E-state index contributed by atoms with van der Waals surface area (Å²) in [6.07, 6.45) is -0.641. The van der Waals surface area contributed by atoms with Crippen LogP contribution in [0.25, 0.3) is 0 Å². The first kappa shape index (κ1) is 16.3. The Bertz CT molecular complexity index is 528.